The Labute approximate surface area is 105 Å². The number of aliphatic hydroxyl groups is 3. The predicted molar refractivity (Wildman–Crippen MR) is 59.5 cm³/mol. The van der Waals surface area contributed by atoms with Crippen LogP contribution >= 0.6 is 0 Å². The number of hydrogen-bond donors (Lipinski definition) is 3. The summed E-state index contributed by atoms with van der Waals surface area (Å²) < 4.78 is 17.1. The van der Waals surface area contributed by atoms with Gasteiger partial charge < -0.3 is 29.5 Å². The van der Waals surface area contributed by atoms with E-state index in [1.807, 2.05) is 0 Å². The second kappa shape index (κ2) is 4.70. The second-order valence-corrected chi connectivity index (χ2v) is 5.38. The minimum Gasteiger partial charge on any atom is -0.394 e. The molecule has 0 aromatic carbocycles. The van der Waals surface area contributed by atoms with E-state index in [1.54, 1.807) is 0 Å². The Hall–Kier alpha value is -0.240. The smallest absolute Gasteiger partial charge is 0.190 e. The highest BCUT2D eigenvalue weighted by Crippen LogP contribution is 2.45. The van der Waals surface area contributed by atoms with Gasteiger partial charge in [-0.15, -0.1) is 0 Å². The van der Waals surface area contributed by atoms with Crippen LogP contribution in [0.25, 0.3) is 0 Å². The summed E-state index contributed by atoms with van der Waals surface area (Å²) in [6.07, 6.45) is 0.824. The first-order valence-corrected chi connectivity index (χ1v) is 6.63. The molecule has 0 radical (unpaired) electrons. The molecule has 3 aliphatic rings. The average molecular weight is 260 g/mol. The van der Waals surface area contributed by atoms with E-state index in [1.165, 1.54) is 6.42 Å². The SMILES string of the molecule is OC[C@H](O)[C@@H]1O[C@@H]2OC3(CCCCC3)O[C@H]2[C@H]1O. The van der Waals surface area contributed by atoms with Crippen molar-refractivity contribution in [3.05, 3.63) is 0 Å². The van der Waals surface area contributed by atoms with Crippen LogP contribution in [-0.2, 0) is 14.2 Å². The van der Waals surface area contributed by atoms with Gasteiger partial charge in [0.05, 0.1) is 6.61 Å². The van der Waals surface area contributed by atoms with Crippen molar-refractivity contribution in [1.82, 2.24) is 0 Å². The molecule has 3 fully saturated rings. The van der Waals surface area contributed by atoms with Crippen LogP contribution in [0.1, 0.15) is 32.1 Å². The first-order valence-electron chi connectivity index (χ1n) is 6.63. The summed E-state index contributed by atoms with van der Waals surface area (Å²) >= 11 is 0. The Kier molecular flexibility index (Phi) is 3.34. The van der Waals surface area contributed by atoms with E-state index < -0.39 is 43.1 Å². The molecule has 0 unspecified atom stereocenters. The van der Waals surface area contributed by atoms with E-state index in [2.05, 4.69) is 0 Å². The first kappa shape index (κ1) is 12.8. The summed E-state index contributed by atoms with van der Waals surface area (Å²) in [5, 5.41) is 28.5. The van der Waals surface area contributed by atoms with Gasteiger partial charge in [0, 0.05) is 12.8 Å². The van der Waals surface area contributed by atoms with Crippen molar-refractivity contribution in [3.8, 4) is 0 Å². The van der Waals surface area contributed by atoms with Gasteiger partial charge in [-0.05, 0) is 12.8 Å². The maximum absolute atomic E-state index is 10.1. The molecule has 5 atom stereocenters. The molecule has 3 N–H and O–H groups in total. The van der Waals surface area contributed by atoms with Crippen LogP contribution in [0.4, 0.5) is 0 Å². The summed E-state index contributed by atoms with van der Waals surface area (Å²) in [4.78, 5) is 0. The molecular formula is C12H20O6. The molecule has 1 saturated carbocycles. The van der Waals surface area contributed by atoms with Crippen molar-refractivity contribution in [3.63, 3.8) is 0 Å². The summed E-state index contributed by atoms with van der Waals surface area (Å²) in [5.41, 5.74) is 0. The quantitative estimate of drug-likeness (QED) is 0.620. The maximum atomic E-state index is 10.1. The Morgan fingerprint density at radius 3 is 2.50 bits per heavy atom. The fourth-order valence-corrected chi connectivity index (χ4v) is 3.12. The lowest BCUT2D eigenvalue weighted by molar-refractivity contribution is -0.254. The van der Waals surface area contributed by atoms with Crippen molar-refractivity contribution >= 4 is 0 Å². The van der Waals surface area contributed by atoms with Gasteiger partial charge in [0.15, 0.2) is 12.1 Å². The zero-order valence-corrected chi connectivity index (χ0v) is 10.2. The Morgan fingerprint density at radius 1 is 1.17 bits per heavy atom. The van der Waals surface area contributed by atoms with E-state index >= 15 is 0 Å². The highest BCUT2D eigenvalue weighted by molar-refractivity contribution is 4.97. The Bertz CT molecular complexity index is 303. The van der Waals surface area contributed by atoms with E-state index in [-0.39, 0.29) is 0 Å². The number of fused-ring (bicyclic) bond motifs is 1. The van der Waals surface area contributed by atoms with Gasteiger partial charge in [-0.3, -0.25) is 0 Å². The summed E-state index contributed by atoms with van der Waals surface area (Å²) in [5.74, 6) is -0.607. The van der Waals surface area contributed by atoms with E-state index in [0.717, 1.165) is 25.7 Å². The van der Waals surface area contributed by atoms with Crippen LogP contribution in [0.2, 0.25) is 0 Å². The minimum atomic E-state index is -1.11. The number of hydrogen-bond acceptors (Lipinski definition) is 6. The molecule has 2 saturated heterocycles. The molecule has 1 spiro atoms. The molecular weight excluding hydrogens is 240 g/mol. The predicted octanol–water partition coefficient (Wildman–Crippen LogP) is -0.499. The lowest BCUT2D eigenvalue weighted by Crippen LogP contribution is -2.43. The lowest BCUT2D eigenvalue weighted by Gasteiger charge is -2.33. The van der Waals surface area contributed by atoms with Crippen molar-refractivity contribution in [2.45, 2.75) is 68.6 Å². The molecule has 104 valence electrons. The molecule has 0 bridgehead atoms. The Morgan fingerprint density at radius 2 is 1.89 bits per heavy atom. The van der Waals surface area contributed by atoms with Gasteiger partial charge in [0.1, 0.15) is 24.4 Å². The zero-order valence-electron chi connectivity index (χ0n) is 10.2. The lowest BCUT2D eigenvalue weighted by atomic mass is 9.94. The summed E-state index contributed by atoms with van der Waals surface area (Å²) in [6.45, 7) is -0.452. The first-order chi connectivity index (χ1) is 8.65. The topological polar surface area (TPSA) is 88.4 Å². The van der Waals surface area contributed by atoms with Crippen molar-refractivity contribution in [1.29, 1.82) is 0 Å². The third-order valence-corrected chi connectivity index (χ3v) is 4.10. The normalized spacial score (nSPS) is 44.2. The number of ether oxygens (including phenoxy) is 3. The minimum absolute atomic E-state index is 0.452. The molecule has 2 aliphatic heterocycles. The molecule has 2 heterocycles. The van der Waals surface area contributed by atoms with Crippen LogP contribution in [0.3, 0.4) is 0 Å². The van der Waals surface area contributed by atoms with Crippen LogP contribution in [-0.4, -0.2) is 58.4 Å². The van der Waals surface area contributed by atoms with Crippen LogP contribution in [0.15, 0.2) is 0 Å². The van der Waals surface area contributed by atoms with Gasteiger partial charge in [0.25, 0.3) is 0 Å². The van der Waals surface area contributed by atoms with E-state index in [0.29, 0.717) is 0 Å². The van der Waals surface area contributed by atoms with Gasteiger partial charge >= 0.3 is 0 Å². The Balaban J connectivity index is 1.68. The highest BCUT2D eigenvalue weighted by atomic mass is 16.8. The molecule has 0 aromatic heterocycles. The molecule has 3 rings (SSSR count). The second-order valence-electron chi connectivity index (χ2n) is 5.38. The monoisotopic (exact) mass is 260 g/mol. The van der Waals surface area contributed by atoms with Crippen molar-refractivity contribution in [2.24, 2.45) is 0 Å². The average Bonchev–Trinajstić information content (AvgIpc) is 2.86. The molecule has 6 heteroatoms. The molecule has 6 nitrogen and oxygen atoms in total. The summed E-state index contributed by atoms with van der Waals surface area (Å²) in [6, 6.07) is 0. The third-order valence-electron chi connectivity index (χ3n) is 4.10. The number of rotatable bonds is 2. The van der Waals surface area contributed by atoms with Gasteiger partial charge in [0.2, 0.25) is 0 Å². The molecule has 18 heavy (non-hydrogen) atoms. The van der Waals surface area contributed by atoms with Crippen LogP contribution in [0.5, 0.6) is 0 Å². The fourth-order valence-electron chi connectivity index (χ4n) is 3.12. The molecule has 0 amide bonds. The van der Waals surface area contributed by atoms with Crippen LogP contribution in [0, 0.1) is 0 Å². The zero-order chi connectivity index (χ0) is 12.8. The van der Waals surface area contributed by atoms with Gasteiger partial charge in [-0.1, -0.05) is 6.42 Å². The molecule has 0 aromatic rings. The van der Waals surface area contributed by atoms with Crippen molar-refractivity contribution < 1.29 is 29.5 Å². The van der Waals surface area contributed by atoms with Gasteiger partial charge in [-0.25, -0.2) is 0 Å². The van der Waals surface area contributed by atoms with E-state index in [4.69, 9.17) is 19.3 Å². The largest absolute Gasteiger partial charge is 0.394 e. The standard InChI is InChI=1S/C12H20O6/c13-6-7(14)9-8(15)10-11(16-9)18-12(17-10)4-2-1-3-5-12/h7-11,13-15H,1-6H2/t7-,8-,9-,10-,11+/m0/s1. The number of aliphatic hydroxyl groups excluding tert-OH is 3. The van der Waals surface area contributed by atoms with E-state index in [9.17, 15) is 10.2 Å². The highest BCUT2D eigenvalue weighted by Gasteiger charge is 2.58. The molecule has 1 aliphatic carbocycles. The van der Waals surface area contributed by atoms with Crippen molar-refractivity contribution in [2.75, 3.05) is 6.61 Å². The third kappa shape index (κ3) is 1.97. The summed E-state index contributed by atoms with van der Waals surface area (Å²) in [7, 11) is 0. The van der Waals surface area contributed by atoms with Gasteiger partial charge in [-0.2, -0.15) is 0 Å². The fraction of sp³-hybridized carbons (Fsp3) is 1.00. The maximum Gasteiger partial charge on any atom is 0.190 e. The van der Waals surface area contributed by atoms with Crippen LogP contribution < -0.4 is 0 Å².